The van der Waals surface area contributed by atoms with Crippen LogP contribution in [0.15, 0.2) is 0 Å². The van der Waals surface area contributed by atoms with Gasteiger partial charge in [-0.3, -0.25) is 4.52 Å². The molecule has 0 saturated heterocycles. The van der Waals surface area contributed by atoms with E-state index in [2.05, 4.69) is 13.8 Å². The van der Waals surface area contributed by atoms with Crippen LogP contribution >= 0.6 is 7.82 Å². The molecule has 0 aromatic rings. The smallest absolute Gasteiger partial charge is 1.00 e. The van der Waals surface area contributed by atoms with Gasteiger partial charge in [0.2, 0.25) is 0 Å². The largest absolute Gasteiger partial charge is 1.00 e. The van der Waals surface area contributed by atoms with E-state index in [0.29, 0.717) is 0 Å². The minimum Gasteiger partial charge on any atom is -1.00 e. The van der Waals surface area contributed by atoms with Crippen LogP contribution in [0.4, 0.5) is 0 Å². The Hall–Kier alpha value is 1.11. The molecule has 6 heteroatoms. The van der Waals surface area contributed by atoms with Crippen LogP contribution in [0.3, 0.4) is 0 Å². The van der Waals surface area contributed by atoms with Crippen LogP contribution in [0.5, 0.6) is 0 Å². The van der Waals surface area contributed by atoms with Crippen LogP contribution in [0.1, 0.15) is 60.2 Å². The third-order valence-electron chi connectivity index (χ3n) is 2.30. The zero-order valence-electron chi connectivity index (χ0n) is 11.7. The molecule has 2 N–H and O–H groups in total. The Labute approximate surface area is 122 Å². The number of unbranched alkanes of at least 4 members (excludes halogenated alkanes) is 3. The second kappa shape index (κ2) is 11.2. The summed E-state index contributed by atoms with van der Waals surface area (Å²) in [5, 5.41) is 0. The Balaban J connectivity index is -0.000000980. The van der Waals surface area contributed by atoms with E-state index < -0.39 is 7.82 Å². The average molecular weight is 262 g/mol. The monoisotopic (exact) mass is 262 g/mol. The van der Waals surface area contributed by atoms with E-state index >= 15 is 0 Å². The van der Waals surface area contributed by atoms with Crippen molar-refractivity contribution in [2.45, 2.75) is 64.9 Å². The zero-order chi connectivity index (χ0) is 11.7. The SMILES string of the molecule is CCCCCC(CCCC)OP(=O)(O)O.[H-].[Na+]. The van der Waals surface area contributed by atoms with E-state index in [1.807, 2.05) is 0 Å². The molecule has 0 aliphatic heterocycles. The molecule has 0 bridgehead atoms. The van der Waals surface area contributed by atoms with Crippen molar-refractivity contribution in [3.63, 3.8) is 0 Å². The molecule has 16 heavy (non-hydrogen) atoms. The Morgan fingerprint density at radius 3 is 2.06 bits per heavy atom. The Morgan fingerprint density at radius 1 is 1.12 bits per heavy atom. The third-order valence-corrected chi connectivity index (χ3v) is 2.87. The van der Waals surface area contributed by atoms with Gasteiger partial charge < -0.3 is 11.2 Å². The number of rotatable bonds is 9. The van der Waals surface area contributed by atoms with E-state index in [0.717, 1.165) is 44.9 Å². The molecule has 0 fully saturated rings. The molecule has 0 aliphatic rings. The van der Waals surface area contributed by atoms with Gasteiger partial charge in [0.25, 0.3) is 0 Å². The molecule has 4 nitrogen and oxygen atoms in total. The molecular weight excluding hydrogens is 238 g/mol. The predicted octanol–water partition coefficient (Wildman–Crippen LogP) is 0.351. The van der Waals surface area contributed by atoms with Gasteiger partial charge in [-0.15, -0.1) is 0 Å². The van der Waals surface area contributed by atoms with Gasteiger partial charge in [-0.25, -0.2) is 4.57 Å². The van der Waals surface area contributed by atoms with Gasteiger partial charge >= 0.3 is 37.4 Å². The summed E-state index contributed by atoms with van der Waals surface area (Å²) in [5.74, 6) is 0. The van der Waals surface area contributed by atoms with Gasteiger partial charge in [-0.1, -0.05) is 46.0 Å². The second-order valence-electron chi connectivity index (χ2n) is 3.86. The van der Waals surface area contributed by atoms with Crippen LogP contribution in [0, 0.1) is 0 Å². The topological polar surface area (TPSA) is 66.8 Å². The number of phosphoric ester groups is 1. The fourth-order valence-corrected chi connectivity index (χ4v) is 2.10. The van der Waals surface area contributed by atoms with Crippen LogP contribution in [0.2, 0.25) is 0 Å². The van der Waals surface area contributed by atoms with Crippen molar-refractivity contribution in [1.82, 2.24) is 0 Å². The molecule has 0 aromatic heterocycles. The Bertz CT molecular complexity index is 201. The number of hydrogen-bond acceptors (Lipinski definition) is 2. The Kier molecular flexibility index (Phi) is 13.6. The molecule has 0 spiro atoms. The van der Waals surface area contributed by atoms with Gasteiger partial charge in [0, 0.05) is 0 Å². The quantitative estimate of drug-likeness (QED) is 0.357. The molecule has 0 saturated carbocycles. The number of hydrogen-bond donors (Lipinski definition) is 2. The summed E-state index contributed by atoms with van der Waals surface area (Å²) in [6, 6.07) is 0. The fourth-order valence-electron chi connectivity index (χ4n) is 1.50. The molecule has 0 radical (unpaired) electrons. The summed E-state index contributed by atoms with van der Waals surface area (Å²) >= 11 is 0. The van der Waals surface area contributed by atoms with Crippen LogP contribution in [-0.2, 0) is 9.09 Å². The van der Waals surface area contributed by atoms with Crippen molar-refractivity contribution in [2.24, 2.45) is 0 Å². The summed E-state index contributed by atoms with van der Waals surface area (Å²) < 4.78 is 15.5. The van der Waals surface area contributed by atoms with E-state index in [9.17, 15) is 4.57 Å². The van der Waals surface area contributed by atoms with Crippen molar-refractivity contribution in [3.8, 4) is 0 Å². The molecule has 0 amide bonds. The van der Waals surface area contributed by atoms with E-state index in [1.54, 1.807) is 0 Å². The second-order valence-corrected chi connectivity index (χ2v) is 5.05. The van der Waals surface area contributed by atoms with Crippen LogP contribution in [0.25, 0.3) is 0 Å². The zero-order valence-corrected chi connectivity index (χ0v) is 13.6. The normalized spacial score (nSPS) is 13.2. The molecule has 0 rings (SSSR count). The van der Waals surface area contributed by atoms with Crippen molar-refractivity contribution in [1.29, 1.82) is 0 Å². The fraction of sp³-hybridized carbons (Fsp3) is 1.00. The van der Waals surface area contributed by atoms with Crippen LogP contribution in [-0.4, -0.2) is 15.9 Å². The summed E-state index contributed by atoms with van der Waals surface area (Å²) in [6.45, 7) is 4.16. The molecular formula is C10H24NaO4P. The first-order chi connectivity index (χ1) is 6.99. The summed E-state index contributed by atoms with van der Waals surface area (Å²) in [5.41, 5.74) is 0. The Morgan fingerprint density at radius 2 is 1.62 bits per heavy atom. The molecule has 0 aromatic carbocycles. The molecule has 1 atom stereocenters. The first kappa shape index (κ1) is 19.4. The van der Waals surface area contributed by atoms with E-state index in [1.165, 1.54) is 0 Å². The van der Waals surface area contributed by atoms with Crippen LogP contribution < -0.4 is 29.6 Å². The van der Waals surface area contributed by atoms with Gasteiger partial charge in [-0.2, -0.15) is 0 Å². The van der Waals surface area contributed by atoms with Gasteiger partial charge in [-0.05, 0) is 12.8 Å². The summed E-state index contributed by atoms with van der Waals surface area (Å²) in [6.07, 6.45) is 6.36. The standard InChI is InChI=1S/C10H23O4P.Na.H/c1-3-5-7-9-10(8-6-4-2)14-15(11,12)13;;/h10H,3-9H2,1-2H3,(H2,11,12,13);;/q;+1;-1. The number of phosphoric acid groups is 1. The van der Waals surface area contributed by atoms with E-state index in [4.69, 9.17) is 14.3 Å². The van der Waals surface area contributed by atoms with Gasteiger partial charge in [0.1, 0.15) is 0 Å². The minimum atomic E-state index is -4.31. The van der Waals surface area contributed by atoms with Gasteiger partial charge in [0.15, 0.2) is 0 Å². The maximum Gasteiger partial charge on any atom is 1.00 e. The van der Waals surface area contributed by atoms with Crippen molar-refractivity contribution < 1.29 is 49.9 Å². The summed E-state index contributed by atoms with van der Waals surface area (Å²) in [7, 11) is -4.31. The van der Waals surface area contributed by atoms with E-state index in [-0.39, 0.29) is 37.1 Å². The first-order valence-electron chi connectivity index (χ1n) is 5.73. The summed E-state index contributed by atoms with van der Waals surface area (Å²) in [4.78, 5) is 17.5. The average Bonchev–Trinajstić information content (AvgIpc) is 2.12. The van der Waals surface area contributed by atoms with Gasteiger partial charge in [0.05, 0.1) is 6.10 Å². The maximum atomic E-state index is 10.7. The van der Waals surface area contributed by atoms with Crippen molar-refractivity contribution in [3.05, 3.63) is 0 Å². The third kappa shape index (κ3) is 13.2. The maximum absolute atomic E-state index is 10.7. The molecule has 0 aliphatic carbocycles. The predicted molar refractivity (Wildman–Crippen MR) is 61.7 cm³/mol. The van der Waals surface area contributed by atoms with Crippen molar-refractivity contribution >= 4 is 7.82 Å². The molecule has 1 unspecified atom stereocenters. The molecule has 0 heterocycles. The minimum absolute atomic E-state index is 0. The van der Waals surface area contributed by atoms with Crippen molar-refractivity contribution in [2.75, 3.05) is 0 Å². The first-order valence-corrected chi connectivity index (χ1v) is 7.26. The molecule has 94 valence electrons.